The number of anilines is 1. The lowest BCUT2D eigenvalue weighted by molar-refractivity contribution is 0.135. The first kappa shape index (κ1) is 11.9. The fraction of sp³-hybridized carbons (Fsp3) is 0.583. The minimum absolute atomic E-state index is 0.567. The van der Waals surface area contributed by atoms with Gasteiger partial charge in [-0.15, -0.1) is 0 Å². The monoisotopic (exact) mass is 283 g/mol. The first-order chi connectivity index (χ1) is 7.68. The van der Waals surface area contributed by atoms with E-state index in [1.165, 1.54) is 19.3 Å². The van der Waals surface area contributed by atoms with E-state index in [9.17, 15) is 0 Å². The summed E-state index contributed by atoms with van der Waals surface area (Å²) < 4.78 is 1.01. The van der Waals surface area contributed by atoms with Crippen molar-refractivity contribution in [3.63, 3.8) is 0 Å². The van der Waals surface area contributed by atoms with E-state index in [1.54, 1.807) is 0 Å². The van der Waals surface area contributed by atoms with Gasteiger partial charge in [-0.2, -0.15) is 0 Å². The van der Waals surface area contributed by atoms with Crippen LogP contribution in [0.2, 0.25) is 0 Å². The van der Waals surface area contributed by atoms with E-state index < -0.39 is 0 Å². The Labute approximate surface area is 105 Å². The maximum Gasteiger partial charge on any atom is 0.154 e. The lowest BCUT2D eigenvalue weighted by Crippen LogP contribution is -2.47. The van der Waals surface area contributed by atoms with E-state index >= 15 is 0 Å². The van der Waals surface area contributed by atoms with Gasteiger partial charge in [0, 0.05) is 18.3 Å². The highest BCUT2D eigenvalue weighted by Crippen LogP contribution is 2.25. The van der Waals surface area contributed by atoms with Crippen molar-refractivity contribution in [1.29, 1.82) is 0 Å². The van der Waals surface area contributed by atoms with Crippen molar-refractivity contribution in [3.05, 3.63) is 22.8 Å². The van der Waals surface area contributed by atoms with Crippen LogP contribution in [-0.2, 0) is 0 Å². The summed E-state index contributed by atoms with van der Waals surface area (Å²) in [5, 5.41) is 2.32. The summed E-state index contributed by atoms with van der Waals surface area (Å²) in [6.07, 6.45) is 5.64. The van der Waals surface area contributed by atoms with Gasteiger partial charge in [-0.1, -0.05) is 6.42 Å². The molecule has 1 aliphatic rings. The summed E-state index contributed by atoms with van der Waals surface area (Å²) in [4.78, 5) is 4.34. The third-order valence-corrected chi connectivity index (χ3v) is 3.83. The molecule has 0 saturated carbocycles. The molecule has 1 aliphatic heterocycles. The molecule has 1 N–H and O–H groups in total. The summed E-state index contributed by atoms with van der Waals surface area (Å²) in [5.41, 5.74) is 3.42. The maximum atomic E-state index is 4.34. The molecule has 4 heteroatoms. The molecule has 0 bridgehead atoms. The molecule has 1 saturated heterocycles. The number of nitrogens with one attached hydrogen (secondary N) is 1. The molecule has 16 heavy (non-hydrogen) atoms. The molecule has 0 aromatic carbocycles. The van der Waals surface area contributed by atoms with Crippen molar-refractivity contribution in [1.82, 2.24) is 9.99 Å². The highest BCUT2D eigenvalue weighted by atomic mass is 79.9. The Bertz CT molecular complexity index is 346. The van der Waals surface area contributed by atoms with Crippen LogP contribution in [0.15, 0.2) is 22.8 Å². The maximum absolute atomic E-state index is 4.34. The van der Waals surface area contributed by atoms with Crippen molar-refractivity contribution in [3.8, 4) is 0 Å². The van der Waals surface area contributed by atoms with Crippen LogP contribution in [0.5, 0.6) is 0 Å². The highest BCUT2D eigenvalue weighted by Gasteiger charge is 2.25. The second kappa shape index (κ2) is 5.15. The van der Waals surface area contributed by atoms with Crippen LogP contribution in [0.4, 0.5) is 5.82 Å². The van der Waals surface area contributed by atoms with Crippen LogP contribution in [0.25, 0.3) is 0 Å². The number of halogens is 1. The van der Waals surface area contributed by atoms with E-state index in [4.69, 9.17) is 0 Å². The number of hydrogen-bond donors (Lipinski definition) is 1. The molecule has 0 aliphatic carbocycles. The quantitative estimate of drug-likeness (QED) is 0.901. The predicted molar refractivity (Wildman–Crippen MR) is 70.2 cm³/mol. The number of piperidine rings is 1. The van der Waals surface area contributed by atoms with Crippen LogP contribution in [0.1, 0.15) is 33.1 Å². The summed E-state index contributed by atoms with van der Waals surface area (Å²) in [6, 6.07) is 5.07. The van der Waals surface area contributed by atoms with Gasteiger partial charge < -0.3 is 5.43 Å². The van der Waals surface area contributed by atoms with Gasteiger partial charge in [0.05, 0.1) is 4.47 Å². The highest BCUT2D eigenvalue weighted by molar-refractivity contribution is 9.10. The summed E-state index contributed by atoms with van der Waals surface area (Å²) in [5.74, 6) is 0.906. The molecular weight excluding hydrogens is 266 g/mol. The van der Waals surface area contributed by atoms with Crippen molar-refractivity contribution >= 4 is 21.7 Å². The van der Waals surface area contributed by atoms with E-state index in [0.717, 1.165) is 10.3 Å². The van der Waals surface area contributed by atoms with Gasteiger partial charge in [0.2, 0.25) is 0 Å². The van der Waals surface area contributed by atoms with Crippen molar-refractivity contribution in [2.75, 3.05) is 5.43 Å². The fourth-order valence-corrected chi connectivity index (χ4v) is 2.58. The third-order valence-electron chi connectivity index (χ3n) is 3.19. The number of hydrazine groups is 1. The first-order valence-electron chi connectivity index (χ1n) is 5.84. The molecule has 0 radical (unpaired) electrons. The molecule has 1 aromatic rings. The largest absolute Gasteiger partial charge is 0.302 e. The molecule has 2 unspecified atom stereocenters. The van der Waals surface area contributed by atoms with Crippen LogP contribution in [-0.4, -0.2) is 22.1 Å². The molecule has 1 aromatic heterocycles. The standard InChI is InChI=1S/C12H18BrN3/c1-9-5-3-6-10(2)16(9)15-12-11(13)7-4-8-14-12/h4,7-10H,3,5-6H2,1-2H3,(H,14,15). The van der Waals surface area contributed by atoms with Crippen LogP contribution in [0, 0.1) is 0 Å². The van der Waals surface area contributed by atoms with Gasteiger partial charge in [-0.05, 0) is 54.8 Å². The lowest BCUT2D eigenvalue weighted by atomic mass is 10.00. The summed E-state index contributed by atoms with van der Waals surface area (Å²) >= 11 is 3.51. The minimum Gasteiger partial charge on any atom is -0.302 e. The van der Waals surface area contributed by atoms with E-state index in [2.05, 4.69) is 45.2 Å². The zero-order valence-electron chi connectivity index (χ0n) is 9.78. The Kier molecular flexibility index (Phi) is 3.82. The number of aromatic nitrogens is 1. The summed E-state index contributed by atoms with van der Waals surface area (Å²) in [6.45, 7) is 4.53. The van der Waals surface area contributed by atoms with Gasteiger partial charge in [0.1, 0.15) is 0 Å². The second-order valence-electron chi connectivity index (χ2n) is 4.48. The molecule has 2 rings (SSSR count). The van der Waals surface area contributed by atoms with Gasteiger partial charge in [-0.25, -0.2) is 9.99 Å². The predicted octanol–water partition coefficient (Wildman–Crippen LogP) is 3.43. The molecule has 0 amide bonds. The van der Waals surface area contributed by atoms with Crippen LogP contribution in [0.3, 0.4) is 0 Å². The smallest absolute Gasteiger partial charge is 0.154 e. The van der Waals surface area contributed by atoms with E-state index in [-0.39, 0.29) is 0 Å². The van der Waals surface area contributed by atoms with Crippen LogP contribution >= 0.6 is 15.9 Å². The number of hydrogen-bond acceptors (Lipinski definition) is 3. The lowest BCUT2D eigenvalue weighted by Gasteiger charge is -2.39. The number of nitrogens with zero attached hydrogens (tertiary/aromatic N) is 2. The average molecular weight is 284 g/mol. The molecule has 88 valence electrons. The Balaban J connectivity index is 2.11. The Morgan fingerprint density at radius 2 is 2.06 bits per heavy atom. The average Bonchev–Trinajstić information content (AvgIpc) is 2.26. The van der Waals surface area contributed by atoms with Crippen molar-refractivity contribution in [2.24, 2.45) is 0 Å². The SMILES string of the molecule is CC1CCCC(C)N1Nc1ncccc1Br. The van der Waals surface area contributed by atoms with Crippen LogP contribution < -0.4 is 5.43 Å². The first-order valence-corrected chi connectivity index (χ1v) is 6.63. The fourth-order valence-electron chi connectivity index (χ4n) is 2.23. The third kappa shape index (κ3) is 2.55. The zero-order valence-corrected chi connectivity index (χ0v) is 11.4. The molecule has 0 spiro atoms. The Morgan fingerprint density at radius 1 is 1.38 bits per heavy atom. The van der Waals surface area contributed by atoms with Gasteiger partial charge in [-0.3, -0.25) is 0 Å². The topological polar surface area (TPSA) is 28.2 Å². The molecule has 3 nitrogen and oxygen atoms in total. The van der Waals surface area contributed by atoms with Crippen molar-refractivity contribution < 1.29 is 0 Å². The van der Waals surface area contributed by atoms with E-state index in [1.807, 2.05) is 18.3 Å². The molecule has 1 fully saturated rings. The van der Waals surface area contributed by atoms with Gasteiger partial charge in [0.25, 0.3) is 0 Å². The molecular formula is C12H18BrN3. The number of rotatable bonds is 2. The van der Waals surface area contributed by atoms with Gasteiger partial charge in [0.15, 0.2) is 5.82 Å². The number of pyridine rings is 1. The van der Waals surface area contributed by atoms with Gasteiger partial charge >= 0.3 is 0 Å². The summed E-state index contributed by atoms with van der Waals surface area (Å²) in [7, 11) is 0. The normalized spacial score (nSPS) is 26.7. The Hall–Kier alpha value is -0.610. The molecule has 2 atom stereocenters. The Morgan fingerprint density at radius 3 is 2.69 bits per heavy atom. The zero-order chi connectivity index (χ0) is 11.5. The van der Waals surface area contributed by atoms with Crippen molar-refractivity contribution in [2.45, 2.75) is 45.2 Å². The minimum atomic E-state index is 0.567. The molecule has 2 heterocycles. The second-order valence-corrected chi connectivity index (χ2v) is 5.34. The van der Waals surface area contributed by atoms with E-state index in [0.29, 0.717) is 12.1 Å².